The van der Waals surface area contributed by atoms with E-state index in [1.54, 1.807) is 0 Å². The summed E-state index contributed by atoms with van der Waals surface area (Å²) in [7, 11) is 0. The summed E-state index contributed by atoms with van der Waals surface area (Å²) in [4.78, 5) is 0. The SMILES string of the molecule is Cc1cccc(NC2CCC(C(C)(C)C)CC2)c1Br. The van der Waals surface area contributed by atoms with Gasteiger partial charge >= 0.3 is 0 Å². The fourth-order valence-corrected chi connectivity index (χ4v) is 3.46. The molecule has 0 bridgehead atoms. The van der Waals surface area contributed by atoms with Crippen molar-refractivity contribution >= 4 is 21.6 Å². The van der Waals surface area contributed by atoms with Gasteiger partial charge in [-0.2, -0.15) is 0 Å². The molecular formula is C17H26BrN. The van der Waals surface area contributed by atoms with Gasteiger partial charge in [0.05, 0.1) is 0 Å². The summed E-state index contributed by atoms with van der Waals surface area (Å²) in [6, 6.07) is 7.08. The highest BCUT2D eigenvalue weighted by atomic mass is 79.9. The number of rotatable bonds is 2. The maximum absolute atomic E-state index is 3.72. The summed E-state index contributed by atoms with van der Waals surface area (Å²) < 4.78 is 1.22. The van der Waals surface area contributed by atoms with Crippen molar-refractivity contribution in [2.24, 2.45) is 11.3 Å². The maximum Gasteiger partial charge on any atom is 0.0489 e. The van der Waals surface area contributed by atoms with Crippen LogP contribution in [-0.2, 0) is 0 Å². The number of aryl methyl sites for hydroxylation is 1. The van der Waals surface area contributed by atoms with Crippen molar-refractivity contribution in [1.82, 2.24) is 0 Å². The molecule has 1 fully saturated rings. The van der Waals surface area contributed by atoms with Gasteiger partial charge in [-0.3, -0.25) is 0 Å². The number of hydrogen-bond acceptors (Lipinski definition) is 1. The highest BCUT2D eigenvalue weighted by Gasteiger charge is 2.29. The van der Waals surface area contributed by atoms with Gasteiger partial charge in [0.2, 0.25) is 0 Å². The van der Waals surface area contributed by atoms with Crippen molar-refractivity contribution in [2.75, 3.05) is 5.32 Å². The van der Waals surface area contributed by atoms with Crippen LogP contribution in [0.25, 0.3) is 0 Å². The third-order valence-electron chi connectivity index (χ3n) is 4.50. The molecule has 106 valence electrons. The molecule has 1 aromatic carbocycles. The Morgan fingerprint density at radius 3 is 2.32 bits per heavy atom. The average molecular weight is 324 g/mol. The van der Waals surface area contributed by atoms with E-state index in [1.165, 1.54) is 41.4 Å². The fraction of sp³-hybridized carbons (Fsp3) is 0.647. The van der Waals surface area contributed by atoms with Crippen molar-refractivity contribution in [3.8, 4) is 0 Å². The van der Waals surface area contributed by atoms with E-state index in [4.69, 9.17) is 0 Å². The van der Waals surface area contributed by atoms with Crippen LogP contribution < -0.4 is 5.32 Å². The first-order chi connectivity index (χ1) is 8.88. The normalized spacial score (nSPS) is 24.3. The molecule has 1 saturated carbocycles. The zero-order chi connectivity index (χ0) is 14.0. The van der Waals surface area contributed by atoms with Gasteiger partial charge in [0.15, 0.2) is 0 Å². The first-order valence-corrected chi connectivity index (χ1v) is 8.19. The lowest BCUT2D eigenvalue weighted by atomic mass is 9.71. The summed E-state index contributed by atoms with van der Waals surface area (Å²) in [6.45, 7) is 9.28. The van der Waals surface area contributed by atoms with Gasteiger partial charge in [0.25, 0.3) is 0 Å². The second kappa shape index (κ2) is 5.87. The molecule has 0 atom stereocenters. The molecule has 0 unspecified atom stereocenters. The fourth-order valence-electron chi connectivity index (χ4n) is 3.08. The number of halogens is 1. The lowest BCUT2D eigenvalue weighted by molar-refractivity contribution is 0.173. The molecule has 2 rings (SSSR count). The standard InChI is InChI=1S/C17H26BrN/c1-12-6-5-7-15(16(12)18)19-14-10-8-13(9-11-14)17(2,3)4/h5-7,13-14,19H,8-11H2,1-4H3. The van der Waals surface area contributed by atoms with Crippen LogP contribution in [0.3, 0.4) is 0 Å². The van der Waals surface area contributed by atoms with Gasteiger partial charge in [0, 0.05) is 16.2 Å². The smallest absolute Gasteiger partial charge is 0.0489 e. The lowest BCUT2D eigenvalue weighted by Crippen LogP contribution is -2.31. The van der Waals surface area contributed by atoms with Crippen molar-refractivity contribution in [2.45, 2.75) is 59.4 Å². The van der Waals surface area contributed by atoms with Crippen molar-refractivity contribution in [3.63, 3.8) is 0 Å². The molecule has 1 aliphatic carbocycles. The number of anilines is 1. The predicted octanol–water partition coefficient (Wildman–Crippen LogP) is 5.77. The zero-order valence-corrected chi connectivity index (χ0v) is 14.2. The van der Waals surface area contributed by atoms with Gasteiger partial charge in [-0.15, -0.1) is 0 Å². The van der Waals surface area contributed by atoms with E-state index in [9.17, 15) is 0 Å². The van der Waals surface area contributed by atoms with Crippen molar-refractivity contribution in [3.05, 3.63) is 28.2 Å². The first kappa shape index (κ1) is 14.9. The molecule has 1 aromatic rings. The third-order valence-corrected chi connectivity index (χ3v) is 5.56. The summed E-state index contributed by atoms with van der Waals surface area (Å²) in [5, 5.41) is 3.72. The van der Waals surface area contributed by atoms with Crippen LogP contribution in [0.5, 0.6) is 0 Å². The van der Waals surface area contributed by atoms with Gasteiger partial charge in [-0.25, -0.2) is 0 Å². The second-order valence-corrected chi connectivity index (χ2v) is 7.79. The Morgan fingerprint density at radius 1 is 1.11 bits per heavy atom. The first-order valence-electron chi connectivity index (χ1n) is 7.39. The van der Waals surface area contributed by atoms with Crippen molar-refractivity contribution in [1.29, 1.82) is 0 Å². The van der Waals surface area contributed by atoms with E-state index in [1.807, 2.05) is 0 Å². The van der Waals surface area contributed by atoms with Gasteiger partial charge in [-0.05, 0) is 71.5 Å². The van der Waals surface area contributed by atoms with E-state index in [0.29, 0.717) is 11.5 Å². The Kier molecular flexibility index (Phi) is 4.60. The van der Waals surface area contributed by atoms with E-state index in [-0.39, 0.29) is 0 Å². The summed E-state index contributed by atoms with van der Waals surface area (Å²) in [6.07, 6.45) is 5.29. The zero-order valence-electron chi connectivity index (χ0n) is 12.6. The maximum atomic E-state index is 3.72. The molecule has 0 aromatic heterocycles. The summed E-state index contributed by atoms with van der Waals surface area (Å²) in [5.74, 6) is 0.881. The second-order valence-electron chi connectivity index (χ2n) is 7.00. The molecule has 0 radical (unpaired) electrons. The summed E-state index contributed by atoms with van der Waals surface area (Å²) >= 11 is 3.69. The summed E-state index contributed by atoms with van der Waals surface area (Å²) in [5.41, 5.74) is 3.02. The molecule has 0 aliphatic heterocycles. The largest absolute Gasteiger partial charge is 0.381 e. The molecule has 0 amide bonds. The Balaban J connectivity index is 1.94. The monoisotopic (exact) mass is 323 g/mol. The molecule has 19 heavy (non-hydrogen) atoms. The van der Waals surface area contributed by atoms with E-state index < -0.39 is 0 Å². The Hall–Kier alpha value is -0.500. The highest BCUT2D eigenvalue weighted by Crippen LogP contribution is 2.39. The average Bonchev–Trinajstić information content (AvgIpc) is 2.35. The van der Waals surface area contributed by atoms with E-state index in [0.717, 1.165) is 5.92 Å². The number of nitrogens with one attached hydrogen (secondary N) is 1. The molecule has 0 spiro atoms. The number of benzene rings is 1. The van der Waals surface area contributed by atoms with Crippen LogP contribution in [0.1, 0.15) is 52.0 Å². The van der Waals surface area contributed by atoms with E-state index in [2.05, 4.69) is 67.1 Å². The molecule has 1 nitrogen and oxygen atoms in total. The molecule has 0 heterocycles. The Morgan fingerprint density at radius 2 is 1.74 bits per heavy atom. The van der Waals surface area contributed by atoms with Gasteiger partial charge in [-0.1, -0.05) is 32.9 Å². The van der Waals surface area contributed by atoms with E-state index >= 15 is 0 Å². The molecule has 1 N–H and O–H groups in total. The van der Waals surface area contributed by atoms with Crippen LogP contribution in [-0.4, -0.2) is 6.04 Å². The molecule has 2 heteroatoms. The number of hydrogen-bond donors (Lipinski definition) is 1. The van der Waals surface area contributed by atoms with Crippen LogP contribution >= 0.6 is 15.9 Å². The lowest BCUT2D eigenvalue weighted by Gasteiger charge is -2.37. The molecular weight excluding hydrogens is 298 g/mol. The van der Waals surface area contributed by atoms with Crippen molar-refractivity contribution < 1.29 is 0 Å². The highest BCUT2D eigenvalue weighted by molar-refractivity contribution is 9.10. The minimum atomic E-state index is 0.467. The molecule has 0 saturated heterocycles. The van der Waals surface area contributed by atoms with Crippen LogP contribution in [0.15, 0.2) is 22.7 Å². The minimum Gasteiger partial charge on any atom is -0.381 e. The van der Waals surface area contributed by atoms with Crippen LogP contribution in [0, 0.1) is 18.3 Å². The van der Waals surface area contributed by atoms with Gasteiger partial charge < -0.3 is 5.32 Å². The topological polar surface area (TPSA) is 12.0 Å². The Bertz CT molecular complexity index is 425. The third kappa shape index (κ3) is 3.75. The Labute approximate surface area is 126 Å². The molecule has 1 aliphatic rings. The van der Waals surface area contributed by atoms with Crippen LogP contribution in [0.2, 0.25) is 0 Å². The minimum absolute atomic E-state index is 0.467. The predicted molar refractivity (Wildman–Crippen MR) is 87.7 cm³/mol. The quantitative estimate of drug-likeness (QED) is 0.728. The van der Waals surface area contributed by atoms with Crippen LogP contribution in [0.4, 0.5) is 5.69 Å². The van der Waals surface area contributed by atoms with Gasteiger partial charge in [0.1, 0.15) is 0 Å².